The maximum absolute atomic E-state index is 11.9. The van der Waals surface area contributed by atoms with E-state index in [4.69, 9.17) is 4.74 Å². The second kappa shape index (κ2) is 9.22. The van der Waals surface area contributed by atoms with Crippen LogP contribution >= 0.6 is 11.3 Å². The monoisotopic (exact) mass is 387 g/mol. The van der Waals surface area contributed by atoms with Crippen LogP contribution in [0.2, 0.25) is 0 Å². The van der Waals surface area contributed by atoms with Crippen molar-refractivity contribution >= 4 is 34.6 Å². The molecule has 0 atom stereocenters. The first-order valence-corrected chi connectivity index (χ1v) is 9.60. The molecule has 0 spiro atoms. The Morgan fingerprint density at radius 1 is 1.37 bits per heavy atom. The fourth-order valence-electron chi connectivity index (χ4n) is 2.77. The van der Waals surface area contributed by atoms with E-state index in [1.54, 1.807) is 36.9 Å². The molecule has 1 saturated heterocycles. The molecule has 1 N–H and O–H groups in total. The van der Waals surface area contributed by atoms with Crippen molar-refractivity contribution in [2.24, 2.45) is 11.0 Å². The molecule has 2 aromatic heterocycles. The summed E-state index contributed by atoms with van der Waals surface area (Å²) in [5.41, 5.74) is 2.98. The molecular weight excluding hydrogens is 366 g/mol. The minimum Gasteiger partial charge on any atom is -0.466 e. The topological polar surface area (TPSA) is 96.8 Å². The Hall–Kier alpha value is -2.81. The first-order valence-electron chi connectivity index (χ1n) is 8.78. The summed E-state index contributed by atoms with van der Waals surface area (Å²) in [5, 5.41) is 4.87. The summed E-state index contributed by atoms with van der Waals surface area (Å²) in [4.78, 5) is 35.0. The van der Waals surface area contributed by atoms with Gasteiger partial charge in [0.05, 0.1) is 23.6 Å². The molecule has 1 aliphatic heterocycles. The van der Waals surface area contributed by atoms with Gasteiger partial charge < -0.3 is 9.64 Å². The Balaban J connectivity index is 1.50. The second-order valence-electron chi connectivity index (χ2n) is 5.99. The molecule has 142 valence electrons. The number of ether oxygens (including phenoxy) is 1. The molecule has 8 nitrogen and oxygen atoms in total. The number of aromatic nitrogens is 2. The van der Waals surface area contributed by atoms with E-state index in [0.29, 0.717) is 12.2 Å². The number of nitrogens with zero attached hydrogens (tertiary/aromatic N) is 4. The highest BCUT2D eigenvalue weighted by Gasteiger charge is 2.27. The Bertz CT molecular complexity index is 800. The van der Waals surface area contributed by atoms with E-state index in [-0.39, 0.29) is 17.8 Å². The molecule has 0 aliphatic carbocycles. The zero-order chi connectivity index (χ0) is 19.1. The van der Waals surface area contributed by atoms with Gasteiger partial charge in [-0.1, -0.05) is 11.3 Å². The van der Waals surface area contributed by atoms with Crippen LogP contribution in [0.1, 0.15) is 35.0 Å². The van der Waals surface area contributed by atoms with Gasteiger partial charge in [-0.25, -0.2) is 10.4 Å². The van der Waals surface area contributed by atoms with E-state index < -0.39 is 0 Å². The normalized spacial score (nSPS) is 15.1. The van der Waals surface area contributed by atoms with Crippen LogP contribution in [0.5, 0.6) is 0 Å². The highest BCUT2D eigenvalue weighted by atomic mass is 32.1. The zero-order valence-electron chi connectivity index (χ0n) is 15.0. The Morgan fingerprint density at radius 2 is 2.11 bits per heavy atom. The van der Waals surface area contributed by atoms with Gasteiger partial charge in [0, 0.05) is 37.2 Å². The highest BCUT2D eigenvalue weighted by molar-refractivity contribution is 7.17. The van der Waals surface area contributed by atoms with Gasteiger partial charge in [-0.3, -0.25) is 14.6 Å². The Morgan fingerprint density at radius 3 is 2.81 bits per heavy atom. The molecule has 0 saturated carbocycles. The fraction of sp³-hybridized carbons (Fsp3) is 0.389. The number of hydrogen-bond donors (Lipinski definition) is 1. The van der Waals surface area contributed by atoms with Crippen LogP contribution in [-0.4, -0.2) is 47.8 Å². The lowest BCUT2D eigenvalue weighted by Crippen LogP contribution is -2.36. The third kappa shape index (κ3) is 5.10. The van der Waals surface area contributed by atoms with E-state index in [9.17, 15) is 9.59 Å². The number of esters is 1. The van der Waals surface area contributed by atoms with Crippen LogP contribution in [0.15, 0.2) is 35.8 Å². The van der Waals surface area contributed by atoms with Crippen LogP contribution in [0.4, 0.5) is 5.13 Å². The van der Waals surface area contributed by atoms with Gasteiger partial charge in [-0.05, 0) is 31.9 Å². The second-order valence-corrected chi connectivity index (χ2v) is 7.03. The molecule has 3 heterocycles. The maximum Gasteiger partial charge on any atom is 0.309 e. The van der Waals surface area contributed by atoms with Crippen LogP contribution in [0.3, 0.4) is 0 Å². The van der Waals surface area contributed by atoms with Gasteiger partial charge in [0.1, 0.15) is 0 Å². The zero-order valence-corrected chi connectivity index (χ0v) is 15.8. The SMILES string of the molecule is CCOC(=O)C1CCN(c2ncc(C=NNC(=O)c3ccncc3)s2)CC1. The number of rotatable bonds is 6. The number of piperidine rings is 1. The number of hydrazone groups is 1. The number of amides is 1. The molecule has 2 aromatic rings. The molecule has 9 heteroatoms. The predicted molar refractivity (Wildman–Crippen MR) is 103 cm³/mol. The lowest BCUT2D eigenvalue weighted by Gasteiger charge is -2.30. The number of carbonyl (C=O) groups is 2. The molecule has 0 aromatic carbocycles. The third-order valence-corrected chi connectivity index (χ3v) is 5.19. The number of carbonyl (C=O) groups excluding carboxylic acids is 2. The standard InChI is InChI=1S/C18H21N5O3S/c1-2-26-17(25)14-5-9-23(10-6-14)18-20-11-15(27-18)12-21-22-16(24)13-3-7-19-8-4-13/h3-4,7-8,11-12,14H,2,5-6,9-10H2,1H3,(H,22,24). The summed E-state index contributed by atoms with van der Waals surface area (Å²) in [6, 6.07) is 3.24. The Kier molecular flexibility index (Phi) is 6.48. The summed E-state index contributed by atoms with van der Waals surface area (Å²) >= 11 is 1.49. The van der Waals surface area contributed by atoms with Gasteiger partial charge in [-0.2, -0.15) is 5.10 Å². The molecule has 1 fully saturated rings. The van der Waals surface area contributed by atoms with Gasteiger partial charge >= 0.3 is 5.97 Å². The number of pyridine rings is 1. The first-order chi connectivity index (χ1) is 13.2. The smallest absolute Gasteiger partial charge is 0.309 e. The molecule has 1 amide bonds. The van der Waals surface area contributed by atoms with Crippen LogP contribution < -0.4 is 10.3 Å². The van der Waals surface area contributed by atoms with E-state index in [2.05, 4.69) is 25.4 Å². The number of hydrogen-bond acceptors (Lipinski definition) is 8. The maximum atomic E-state index is 11.9. The van der Waals surface area contributed by atoms with Crippen LogP contribution in [-0.2, 0) is 9.53 Å². The minimum absolute atomic E-state index is 0.0226. The van der Waals surface area contributed by atoms with Gasteiger partial charge in [-0.15, -0.1) is 0 Å². The van der Waals surface area contributed by atoms with Gasteiger partial charge in [0.25, 0.3) is 5.91 Å². The average Bonchev–Trinajstić information content (AvgIpc) is 3.18. The first kappa shape index (κ1) is 19.0. The molecule has 1 aliphatic rings. The average molecular weight is 387 g/mol. The van der Waals surface area contributed by atoms with E-state index in [0.717, 1.165) is 35.9 Å². The highest BCUT2D eigenvalue weighted by Crippen LogP contribution is 2.27. The van der Waals surface area contributed by atoms with Crippen molar-refractivity contribution in [3.8, 4) is 0 Å². The van der Waals surface area contributed by atoms with E-state index in [1.165, 1.54) is 11.3 Å². The predicted octanol–water partition coefficient (Wildman–Crippen LogP) is 2.08. The molecular formula is C18H21N5O3S. The van der Waals surface area contributed by atoms with Crippen LogP contribution in [0.25, 0.3) is 0 Å². The largest absolute Gasteiger partial charge is 0.466 e. The van der Waals surface area contributed by atoms with Crippen molar-refractivity contribution < 1.29 is 14.3 Å². The fourth-order valence-corrected chi connectivity index (χ4v) is 3.61. The number of anilines is 1. The van der Waals surface area contributed by atoms with E-state index in [1.807, 2.05) is 6.92 Å². The summed E-state index contributed by atoms with van der Waals surface area (Å²) < 4.78 is 5.10. The van der Waals surface area contributed by atoms with Crippen molar-refractivity contribution in [1.29, 1.82) is 0 Å². The quantitative estimate of drug-likeness (QED) is 0.463. The molecule has 27 heavy (non-hydrogen) atoms. The number of thiazole rings is 1. The Labute approximate surface area is 161 Å². The van der Waals surface area contributed by atoms with Crippen molar-refractivity contribution in [3.63, 3.8) is 0 Å². The summed E-state index contributed by atoms with van der Waals surface area (Å²) in [7, 11) is 0. The summed E-state index contributed by atoms with van der Waals surface area (Å²) in [6.45, 7) is 3.79. The number of nitrogens with one attached hydrogen (secondary N) is 1. The molecule has 0 unspecified atom stereocenters. The summed E-state index contributed by atoms with van der Waals surface area (Å²) in [6.07, 6.45) is 7.94. The van der Waals surface area contributed by atoms with E-state index >= 15 is 0 Å². The molecule has 0 bridgehead atoms. The van der Waals surface area contributed by atoms with Crippen molar-refractivity contribution in [2.75, 3.05) is 24.6 Å². The molecule has 0 radical (unpaired) electrons. The van der Waals surface area contributed by atoms with Crippen molar-refractivity contribution in [2.45, 2.75) is 19.8 Å². The van der Waals surface area contributed by atoms with Gasteiger partial charge in [0.15, 0.2) is 5.13 Å². The molecule has 3 rings (SSSR count). The van der Waals surface area contributed by atoms with Crippen LogP contribution in [0, 0.1) is 5.92 Å². The summed E-state index contributed by atoms with van der Waals surface area (Å²) in [5.74, 6) is -0.418. The van der Waals surface area contributed by atoms with Gasteiger partial charge in [0.2, 0.25) is 0 Å². The lowest BCUT2D eigenvalue weighted by molar-refractivity contribution is -0.148. The van der Waals surface area contributed by atoms with Crippen molar-refractivity contribution in [3.05, 3.63) is 41.2 Å². The lowest BCUT2D eigenvalue weighted by atomic mass is 9.97. The minimum atomic E-state index is -0.292. The third-order valence-electron chi connectivity index (χ3n) is 4.20. The van der Waals surface area contributed by atoms with Crippen molar-refractivity contribution in [1.82, 2.24) is 15.4 Å².